The molecule has 1 aliphatic heterocycles. The standard InChI is InChI=1S/C30H20Cl2N4O3/c1-37-22-11-8-17(13-24(22)38-2)25-26-19-6-4-3-5-16(19)7-12-23(26)39-30-27(25)29-34-28(35-36(29)15-33-30)20-10-9-18(31)14-21(20)32/h3-15,25H,1-2H3/t25-/m1/s1. The molecule has 7 nitrogen and oxygen atoms in total. The lowest BCUT2D eigenvalue weighted by Crippen LogP contribution is -2.15. The molecule has 7 rings (SSSR count). The molecule has 192 valence electrons. The van der Waals surface area contributed by atoms with E-state index in [9.17, 15) is 0 Å². The van der Waals surface area contributed by atoms with E-state index >= 15 is 0 Å². The fraction of sp³-hybridized carbons (Fsp3) is 0.100. The molecule has 1 atom stereocenters. The minimum Gasteiger partial charge on any atom is -0.493 e. The van der Waals surface area contributed by atoms with E-state index < -0.39 is 0 Å². The highest BCUT2D eigenvalue weighted by Crippen LogP contribution is 2.51. The van der Waals surface area contributed by atoms with Crippen molar-refractivity contribution in [2.24, 2.45) is 0 Å². The Morgan fingerprint density at radius 2 is 1.72 bits per heavy atom. The van der Waals surface area contributed by atoms with Crippen molar-refractivity contribution in [3.8, 4) is 34.5 Å². The van der Waals surface area contributed by atoms with Crippen molar-refractivity contribution < 1.29 is 14.2 Å². The Hall–Kier alpha value is -4.33. The van der Waals surface area contributed by atoms with Crippen molar-refractivity contribution in [3.05, 3.63) is 106 Å². The maximum atomic E-state index is 6.51. The number of methoxy groups -OCH3 is 2. The first-order valence-electron chi connectivity index (χ1n) is 12.2. The van der Waals surface area contributed by atoms with E-state index in [-0.39, 0.29) is 5.92 Å². The Labute approximate surface area is 233 Å². The summed E-state index contributed by atoms with van der Waals surface area (Å²) in [5, 5.41) is 7.88. The van der Waals surface area contributed by atoms with Gasteiger partial charge in [0.25, 0.3) is 0 Å². The van der Waals surface area contributed by atoms with E-state index in [1.165, 1.54) is 0 Å². The summed E-state index contributed by atoms with van der Waals surface area (Å²) in [4.78, 5) is 9.59. The molecular formula is C30H20Cl2N4O3. The lowest BCUT2D eigenvalue weighted by molar-refractivity contribution is 0.354. The Morgan fingerprint density at radius 3 is 2.54 bits per heavy atom. The van der Waals surface area contributed by atoms with Gasteiger partial charge in [0.05, 0.1) is 24.8 Å². The van der Waals surface area contributed by atoms with Crippen LogP contribution in [0.15, 0.2) is 79.1 Å². The van der Waals surface area contributed by atoms with Crippen molar-refractivity contribution in [2.45, 2.75) is 5.92 Å². The minimum absolute atomic E-state index is 0.288. The largest absolute Gasteiger partial charge is 0.493 e. The van der Waals surface area contributed by atoms with Gasteiger partial charge < -0.3 is 14.2 Å². The van der Waals surface area contributed by atoms with Crippen molar-refractivity contribution in [1.82, 2.24) is 19.6 Å². The Kier molecular flexibility index (Phi) is 5.58. The van der Waals surface area contributed by atoms with Crippen LogP contribution in [0.25, 0.3) is 27.8 Å². The number of hydrogen-bond acceptors (Lipinski definition) is 6. The summed E-state index contributed by atoms with van der Waals surface area (Å²) in [6.07, 6.45) is 1.60. The highest BCUT2D eigenvalue weighted by Gasteiger charge is 2.35. The average molecular weight is 555 g/mol. The second kappa shape index (κ2) is 9.15. The predicted molar refractivity (Wildman–Crippen MR) is 151 cm³/mol. The van der Waals surface area contributed by atoms with Gasteiger partial charge >= 0.3 is 0 Å². The zero-order chi connectivity index (χ0) is 26.7. The maximum Gasteiger partial charge on any atom is 0.228 e. The van der Waals surface area contributed by atoms with Crippen LogP contribution in [0.4, 0.5) is 0 Å². The van der Waals surface area contributed by atoms with E-state index in [1.54, 1.807) is 37.2 Å². The normalized spacial score (nSPS) is 14.1. The van der Waals surface area contributed by atoms with Gasteiger partial charge in [-0.2, -0.15) is 0 Å². The van der Waals surface area contributed by atoms with Gasteiger partial charge in [0.1, 0.15) is 12.1 Å². The summed E-state index contributed by atoms with van der Waals surface area (Å²) in [6, 6.07) is 23.5. The lowest BCUT2D eigenvalue weighted by atomic mass is 9.81. The van der Waals surface area contributed by atoms with Crippen LogP contribution >= 0.6 is 23.2 Å². The number of ether oxygens (including phenoxy) is 3. The molecule has 0 saturated heterocycles. The summed E-state index contributed by atoms with van der Waals surface area (Å²) in [7, 11) is 3.25. The Balaban J connectivity index is 1.53. The van der Waals surface area contributed by atoms with Crippen LogP contribution < -0.4 is 14.2 Å². The van der Waals surface area contributed by atoms with E-state index in [1.807, 2.05) is 42.5 Å². The third-order valence-corrected chi connectivity index (χ3v) is 7.56. The first kappa shape index (κ1) is 23.8. The fourth-order valence-electron chi connectivity index (χ4n) is 5.26. The average Bonchev–Trinajstić information content (AvgIpc) is 3.39. The van der Waals surface area contributed by atoms with Crippen LogP contribution in [0.1, 0.15) is 22.6 Å². The van der Waals surface area contributed by atoms with Gasteiger partial charge in [0, 0.05) is 22.1 Å². The first-order valence-corrected chi connectivity index (χ1v) is 12.9. The Bertz CT molecular complexity index is 1920. The molecule has 6 aromatic rings. The molecule has 0 aliphatic carbocycles. The van der Waals surface area contributed by atoms with Gasteiger partial charge in [-0.3, -0.25) is 0 Å². The van der Waals surface area contributed by atoms with E-state index in [0.717, 1.165) is 33.2 Å². The lowest BCUT2D eigenvalue weighted by Gasteiger charge is -2.29. The van der Waals surface area contributed by atoms with Crippen molar-refractivity contribution in [2.75, 3.05) is 14.2 Å². The second-order valence-electron chi connectivity index (χ2n) is 9.14. The smallest absolute Gasteiger partial charge is 0.228 e. The van der Waals surface area contributed by atoms with Crippen LogP contribution in [0, 0.1) is 0 Å². The van der Waals surface area contributed by atoms with E-state index in [4.69, 9.17) is 47.5 Å². The van der Waals surface area contributed by atoms with Gasteiger partial charge in [0.2, 0.25) is 5.88 Å². The molecule has 4 aromatic carbocycles. The summed E-state index contributed by atoms with van der Waals surface area (Å²) in [5.74, 6) is 2.64. The SMILES string of the molecule is COc1ccc([C@@H]2c3c(ccc4ccccc34)Oc3ncn4nc(-c5ccc(Cl)cc5Cl)nc4c32)cc1OC. The monoisotopic (exact) mass is 554 g/mol. The van der Waals surface area contributed by atoms with Gasteiger partial charge in [-0.25, -0.2) is 14.5 Å². The molecule has 0 bridgehead atoms. The summed E-state index contributed by atoms with van der Waals surface area (Å²) < 4.78 is 19.3. The number of aromatic nitrogens is 4. The van der Waals surface area contributed by atoms with Gasteiger partial charge in [-0.05, 0) is 52.7 Å². The van der Waals surface area contributed by atoms with Crippen LogP contribution in [0.5, 0.6) is 23.1 Å². The van der Waals surface area contributed by atoms with Gasteiger partial charge in [-0.1, -0.05) is 59.6 Å². The van der Waals surface area contributed by atoms with Gasteiger partial charge in [0.15, 0.2) is 23.0 Å². The van der Waals surface area contributed by atoms with Crippen molar-refractivity contribution >= 4 is 39.6 Å². The van der Waals surface area contributed by atoms with Crippen LogP contribution in [-0.4, -0.2) is 33.8 Å². The quantitative estimate of drug-likeness (QED) is 0.223. The molecular weight excluding hydrogens is 535 g/mol. The molecule has 2 aromatic heterocycles. The summed E-state index contributed by atoms with van der Waals surface area (Å²) in [6.45, 7) is 0. The molecule has 0 radical (unpaired) electrons. The fourth-order valence-corrected chi connectivity index (χ4v) is 5.75. The molecule has 0 saturated carbocycles. The predicted octanol–water partition coefficient (Wildman–Crippen LogP) is 7.55. The number of fused-ring (bicyclic) bond motifs is 6. The maximum absolute atomic E-state index is 6.51. The molecule has 0 amide bonds. The zero-order valence-electron chi connectivity index (χ0n) is 20.9. The van der Waals surface area contributed by atoms with Crippen LogP contribution in [-0.2, 0) is 0 Å². The van der Waals surface area contributed by atoms with Crippen LogP contribution in [0.2, 0.25) is 10.0 Å². The highest BCUT2D eigenvalue weighted by molar-refractivity contribution is 6.36. The van der Waals surface area contributed by atoms with Gasteiger partial charge in [-0.15, -0.1) is 5.10 Å². The third kappa shape index (κ3) is 3.77. The van der Waals surface area contributed by atoms with Crippen molar-refractivity contribution in [3.63, 3.8) is 0 Å². The molecule has 9 heteroatoms. The highest BCUT2D eigenvalue weighted by atomic mass is 35.5. The number of hydrogen-bond donors (Lipinski definition) is 0. The topological polar surface area (TPSA) is 70.8 Å². The first-order chi connectivity index (χ1) is 19.1. The van der Waals surface area contributed by atoms with E-state index in [0.29, 0.717) is 44.5 Å². The zero-order valence-corrected chi connectivity index (χ0v) is 22.4. The molecule has 1 aliphatic rings. The molecule has 39 heavy (non-hydrogen) atoms. The second-order valence-corrected chi connectivity index (χ2v) is 9.98. The minimum atomic E-state index is -0.288. The van der Waals surface area contributed by atoms with E-state index in [2.05, 4.69) is 23.2 Å². The van der Waals surface area contributed by atoms with Crippen LogP contribution in [0.3, 0.4) is 0 Å². The molecule has 0 N–H and O–H groups in total. The van der Waals surface area contributed by atoms with Crippen molar-refractivity contribution in [1.29, 1.82) is 0 Å². The number of benzene rings is 4. The number of nitrogens with zero attached hydrogens (tertiary/aromatic N) is 4. The molecule has 3 heterocycles. The third-order valence-electron chi connectivity index (χ3n) is 7.01. The summed E-state index contributed by atoms with van der Waals surface area (Å²) in [5.41, 5.74) is 4.05. The molecule has 0 fully saturated rings. The Morgan fingerprint density at radius 1 is 0.872 bits per heavy atom. The summed E-state index contributed by atoms with van der Waals surface area (Å²) >= 11 is 12.6. The molecule has 0 unspecified atom stereocenters. The number of rotatable bonds is 4. The molecule has 0 spiro atoms. The number of halogens is 2.